The molecule has 22 heavy (non-hydrogen) atoms. The van der Waals surface area contributed by atoms with Gasteiger partial charge in [-0.05, 0) is 40.5 Å². The van der Waals surface area contributed by atoms with Gasteiger partial charge in [0.25, 0.3) is 5.91 Å². The van der Waals surface area contributed by atoms with Crippen LogP contribution in [-0.4, -0.2) is 19.0 Å². The molecular weight excluding hydrogens is 368 g/mol. The Morgan fingerprint density at radius 2 is 2.05 bits per heavy atom. The maximum atomic E-state index is 12.3. The number of ether oxygens (including phenoxy) is 1. The molecule has 0 aliphatic heterocycles. The van der Waals surface area contributed by atoms with Crippen molar-refractivity contribution in [1.82, 2.24) is 0 Å². The molecule has 0 atom stereocenters. The van der Waals surface area contributed by atoms with E-state index in [4.69, 9.17) is 0 Å². The third-order valence-electron chi connectivity index (χ3n) is 2.97. The van der Waals surface area contributed by atoms with Gasteiger partial charge in [0.05, 0.1) is 18.2 Å². The molecule has 5 nitrogen and oxygen atoms in total. The molecule has 0 spiro atoms. The van der Waals surface area contributed by atoms with E-state index >= 15 is 0 Å². The lowest BCUT2D eigenvalue weighted by Crippen LogP contribution is -2.12. The molecule has 0 radical (unpaired) electrons. The van der Waals surface area contributed by atoms with Crippen molar-refractivity contribution in [3.63, 3.8) is 0 Å². The Hall–Kier alpha value is -2.17. The summed E-state index contributed by atoms with van der Waals surface area (Å²) in [6, 6.07) is 8.96. The zero-order chi connectivity index (χ0) is 16.3. The number of thiophene rings is 1. The summed E-state index contributed by atoms with van der Waals surface area (Å²) in [7, 11) is 1.27. The minimum Gasteiger partial charge on any atom is -0.465 e. The molecular formula is C15H11BrN2O3S. The molecule has 0 fully saturated rings. The summed E-state index contributed by atoms with van der Waals surface area (Å²) in [4.78, 5) is 24.3. The number of hydrogen-bond acceptors (Lipinski definition) is 5. The van der Waals surface area contributed by atoms with E-state index in [0.717, 1.165) is 11.3 Å². The highest BCUT2D eigenvalue weighted by Crippen LogP contribution is 2.33. The van der Waals surface area contributed by atoms with Crippen molar-refractivity contribution in [2.24, 2.45) is 0 Å². The van der Waals surface area contributed by atoms with Gasteiger partial charge in [0.15, 0.2) is 0 Å². The first-order chi connectivity index (χ1) is 10.5. The predicted molar refractivity (Wildman–Crippen MR) is 87.2 cm³/mol. The Labute approximate surface area is 139 Å². The Morgan fingerprint density at radius 1 is 1.36 bits per heavy atom. The number of halogens is 1. The van der Waals surface area contributed by atoms with Crippen LogP contribution in [-0.2, 0) is 4.74 Å². The lowest BCUT2D eigenvalue weighted by Gasteiger charge is -2.05. The van der Waals surface area contributed by atoms with Crippen LogP contribution >= 0.6 is 27.3 Å². The van der Waals surface area contributed by atoms with Gasteiger partial charge in [-0.2, -0.15) is 5.26 Å². The molecule has 0 saturated carbocycles. The number of nitrogens with one attached hydrogen (secondary N) is 1. The third-order valence-corrected chi connectivity index (χ3v) is 4.85. The number of nitriles is 1. The number of esters is 1. The van der Waals surface area contributed by atoms with Gasteiger partial charge < -0.3 is 10.1 Å². The smallest absolute Gasteiger partial charge is 0.348 e. The molecule has 0 bridgehead atoms. The van der Waals surface area contributed by atoms with E-state index in [2.05, 4.69) is 26.0 Å². The van der Waals surface area contributed by atoms with Crippen LogP contribution < -0.4 is 5.32 Å². The van der Waals surface area contributed by atoms with E-state index < -0.39 is 5.97 Å². The summed E-state index contributed by atoms with van der Waals surface area (Å²) in [5, 5.41) is 12.3. The van der Waals surface area contributed by atoms with Crippen LogP contribution in [0.5, 0.6) is 0 Å². The summed E-state index contributed by atoms with van der Waals surface area (Å²) < 4.78 is 5.33. The Kier molecular flexibility index (Phi) is 4.96. The van der Waals surface area contributed by atoms with E-state index in [1.54, 1.807) is 31.2 Å². The van der Waals surface area contributed by atoms with Gasteiger partial charge in [0.1, 0.15) is 15.9 Å². The number of methoxy groups -OCH3 is 1. The second kappa shape index (κ2) is 6.73. The zero-order valence-electron chi connectivity index (χ0n) is 11.8. The molecule has 1 aromatic carbocycles. The molecule has 1 heterocycles. The molecule has 7 heteroatoms. The molecule has 2 rings (SSSR count). The third kappa shape index (κ3) is 3.03. The average Bonchev–Trinajstić information content (AvgIpc) is 2.82. The molecule has 1 aromatic heterocycles. The van der Waals surface area contributed by atoms with Crippen molar-refractivity contribution in [3.05, 3.63) is 50.3 Å². The highest BCUT2D eigenvalue weighted by atomic mass is 79.9. The van der Waals surface area contributed by atoms with Crippen LogP contribution in [0.15, 0.2) is 28.7 Å². The summed E-state index contributed by atoms with van der Waals surface area (Å²) >= 11 is 4.33. The van der Waals surface area contributed by atoms with Crippen LogP contribution in [0.1, 0.15) is 31.2 Å². The van der Waals surface area contributed by atoms with Gasteiger partial charge in [0, 0.05) is 4.47 Å². The quantitative estimate of drug-likeness (QED) is 0.825. The maximum absolute atomic E-state index is 12.3. The highest BCUT2D eigenvalue weighted by Gasteiger charge is 2.22. The number of amides is 1. The lowest BCUT2D eigenvalue weighted by atomic mass is 10.1. The first-order valence-electron chi connectivity index (χ1n) is 6.17. The first kappa shape index (κ1) is 16.2. The number of benzene rings is 1. The number of rotatable bonds is 3. The number of hydrogen-bond donors (Lipinski definition) is 1. The zero-order valence-corrected chi connectivity index (χ0v) is 14.2. The van der Waals surface area contributed by atoms with Gasteiger partial charge in [-0.3, -0.25) is 4.79 Å². The lowest BCUT2D eigenvalue weighted by molar-refractivity contribution is 0.0605. The Morgan fingerprint density at radius 3 is 2.64 bits per heavy atom. The van der Waals surface area contributed by atoms with Crippen molar-refractivity contribution in [3.8, 4) is 6.07 Å². The minimum atomic E-state index is -0.527. The van der Waals surface area contributed by atoms with E-state index in [1.807, 2.05) is 6.07 Å². The van der Waals surface area contributed by atoms with Crippen molar-refractivity contribution >= 4 is 44.1 Å². The fraction of sp³-hybridized carbons (Fsp3) is 0.133. The molecule has 0 aliphatic carbocycles. The summed E-state index contributed by atoms with van der Waals surface area (Å²) in [5.74, 6) is -0.887. The van der Waals surface area contributed by atoms with E-state index in [9.17, 15) is 14.9 Å². The van der Waals surface area contributed by atoms with Crippen LogP contribution in [0.4, 0.5) is 5.00 Å². The van der Waals surface area contributed by atoms with Gasteiger partial charge >= 0.3 is 5.97 Å². The van der Waals surface area contributed by atoms with Crippen LogP contribution in [0.3, 0.4) is 0 Å². The van der Waals surface area contributed by atoms with Gasteiger partial charge in [-0.15, -0.1) is 11.3 Å². The van der Waals surface area contributed by atoms with Crippen molar-refractivity contribution in [2.75, 3.05) is 12.4 Å². The number of anilines is 1. The Bertz CT molecular complexity index is 793. The van der Waals surface area contributed by atoms with Crippen LogP contribution in [0.25, 0.3) is 0 Å². The standard InChI is InChI=1S/C15H11BrN2O3S/c1-8-10(7-17)14(22-12(8)15(20)21-2)18-13(19)9-5-3-4-6-11(9)16/h3-6H,1-2H3,(H,18,19). The maximum Gasteiger partial charge on any atom is 0.348 e. The first-order valence-corrected chi connectivity index (χ1v) is 7.78. The second-order valence-corrected chi connectivity index (χ2v) is 6.17. The Balaban J connectivity index is 2.38. The highest BCUT2D eigenvalue weighted by molar-refractivity contribution is 9.10. The molecule has 0 unspecified atom stereocenters. The summed E-state index contributed by atoms with van der Waals surface area (Å²) in [5.41, 5.74) is 1.21. The minimum absolute atomic E-state index is 0.269. The van der Waals surface area contributed by atoms with Crippen LogP contribution in [0, 0.1) is 18.3 Å². The topological polar surface area (TPSA) is 79.2 Å². The van der Waals surface area contributed by atoms with Crippen LogP contribution in [0.2, 0.25) is 0 Å². The predicted octanol–water partition coefficient (Wildman–Crippen LogP) is 3.73. The van der Waals surface area contributed by atoms with Gasteiger partial charge in [-0.1, -0.05) is 12.1 Å². The molecule has 0 saturated heterocycles. The van der Waals surface area contributed by atoms with E-state index in [0.29, 0.717) is 25.5 Å². The van der Waals surface area contributed by atoms with E-state index in [1.165, 1.54) is 7.11 Å². The van der Waals surface area contributed by atoms with Crippen molar-refractivity contribution in [2.45, 2.75) is 6.92 Å². The molecule has 1 N–H and O–H groups in total. The fourth-order valence-electron chi connectivity index (χ4n) is 1.84. The SMILES string of the molecule is COC(=O)c1sc(NC(=O)c2ccccc2Br)c(C#N)c1C. The second-order valence-electron chi connectivity index (χ2n) is 4.30. The normalized spacial score (nSPS) is 9.91. The van der Waals surface area contributed by atoms with Crippen molar-refractivity contribution in [1.29, 1.82) is 5.26 Å². The van der Waals surface area contributed by atoms with Crippen molar-refractivity contribution < 1.29 is 14.3 Å². The van der Waals surface area contributed by atoms with E-state index in [-0.39, 0.29) is 11.5 Å². The number of carbonyl (C=O) groups is 2. The molecule has 2 aromatic rings. The molecule has 0 aliphatic rings. The fourth-order valence-corrected chi connectivity index (χ4v) is 3.37. The largest absolute Gasteiger partial charge is 0.465 e. The molecule has 112 valence electrons. The number of nitrogens with zero attached hydrogens (tertiary/aromatic N) is 1. The van der Waals surface area contributed by atoms with Gasteiger partial charge in [-0.25, -0.2) is 4.79 Å². The number of carbonyl (C=O) groups excluding carboxylic acids is 2. The molecule has 1 amide bonds. The monoisotopic (exact) mass is 378 g/mol. The van der Waals surface area contributed by atoms with Gasteiger partial charge in [0.2, 0.25) is 0 Å². The summed E-state index contributed by atoms with van der Waals surface area (Å²) in [6.45, 7) is 1.65. The average molecular weight is 379 g/mol. The summed E-state index contributed by atoms with van der Waals surface area (Å²) in [6.07, 6.45) is 0.